The molecule has 0 radical (unpaired) electrons. The molecular formula is C15H19Cl3N2S. The second kappa shape index (κ2) is 7.96. The number of hydrogen-bond donors (Lipinski definition) is 0. The molecular weight excluding hydrogens is 347 g/mol. The number of aryl methyl sites for hydroxylation is 1. The number of aromatic nitrogens is 2. The highest BCUT2D eigenvalue weighted by atomic mass is 35.5. The Balaban J connectivity index is 2.26. The van der Waals surface area contributed by atoms with Crippen LogP contribution in [0.5, 0.6) is 0 Å². The van der Waals surface area contributed by atoms with Gasteiger partial charge >= 0.3 is 0 Å². The minimum absolute atomic E-state index is 0.138. The van der Waals surface area contributed by atoms with Crippen LogP contribution in [0.4, 0.5) is 0 Å². The van der Waals surface area contributed by atoms with Gasteiger partial charge in [-0.2, -0.15) is 11.8 Å². The second-order valence-corrected chi connectivity index (χ2v) is 7.50. The molecule has 2 aromatic rings. The molecule has 0 amide bonds. The van der Waals surface area contributed by atoms with Crippen molar-refractivity contribution in [3.8, 4) is 0 Å². The van der Waals surface area contributed by atoms with Gasteiger partial charge in [-0.05, 0) is 43.9 Å². The summed E-state index contributed by atoms with van der Waals surface area (Å²) in [6.45, 7) is 2.85. The van der Waals surface area contributed by atoms with Crippen LogP contribution in [0.15, 0.2) is 12.1 Å². The van der Waals surface area contributed by atoms with Gasteiger partial charge in [0.05, 0.1) is 26.5 Å². The van der Waals surface area contributed by atoms with E-state index in [1.54, 1.807) is 0 Å². The summed E-state index contributed by atoms with van der Waals surface area (Å²) in [4.78, 5) is 4.61. The third kappa shape index (κ3) is 4.22. The fraction of sp³-hybridized carbons (Fsp3) is 0.533. The number of hydrogen-bond acceptors (Lipinski definition) is 2. The Morgan fingerprint density at radius 2 is 1.90 bits per heavy atom. The Morgan fingerprint density at radius 3 is 2.57 bits per heavy atom. The predicted molar refractivity (Wildman–Crippen MR) is 96.3 cm³/mol. The molecule has 0 aliphatic carbocycles. The smallest absolute Gasteiger partial charge is 0.127 e. The summed E-state index contributed by atoms with van der Waals surface area (Å²) in [7, 11) is 0. The lowest BCUT2D eigenvalue weighted by Gasteiger charge is -2.10. The van der Waals surface area contributed by atoms with Gasteiger partial charge in [0.2, 0.25) is 0 Å². The maximum Gasteiger partial charge on any atom is 0.127 e. The zero-order valence-electron chi connectivity index (χ0n) is 12.2. The monoisotopic (exact) mass is 364 g/mol. The van der Waals surface area contributed by atoms with Crippen molar-refractivity contribution >= 4 is 57.6 Å². The predicted octanol–water partition coefficient (Wildman–Crippen LogP) is 6.18. The summed E-state index contributed by atoms with van der Waals surface area (Å²) in [5.41, 5.74) is 1.87. The van der Waals surface area contributed by atoms with E-state index in [-0.39, 0.29) is 5.38 Å². The fourth-order valence-electron chi connectivity index (χ4n) is 2.37. The zero-order chi connectivity index (χ0) is 15.4. The standard InChI is InChI=1S/C15H19Cl3N2S/c1-10(16)15-19-13-8-11(17)12(18)9-14(13)20(15)6-4-3-5-7-21-2/h8-10H,3-7H2,1-2H3. The van der Waals surface area contributed by atoms with E-state index < -0.39 is 0 Å². The van der Waals surface area contributed by atoms with Crippen molar-refractivity contribution in [2.75, 3.05) is 12.0 Å². The first kappa shape index (κ1) is 17.3. The van der Waals surface area contributed by atoms with E-state index in [4.69, 9.17) is 34.8 Å². The average molecular weight is 366 g/mol. The van der Waals surface area contributed by atoms with E-state index in [0.29, 0.717) is 10.0 Å². The molecule has 116 valence electrons. The third-order valence-corrected chi connectivity index (χ3v) is 5.02. The lowest BCUT2D eigenvalue weighted by Crippen LogP contribution is -2.05. The Bertz CT molecular complexity index is 610. The summed E-state index contributed by atoms with van der Waals surface area (Å²) < 4.78 is 2.17. The highest BCUT2D eigenvalue weighted by molar-refractivity contribution is 7.98. The molecule has 0 spiro atoms. The van der Waals surface area contributed by atoms with Gasteiger partial charge in [-0.1, -0.05) is 29.6 Å². The Morgan fingerprint density at radius 1 is 1.19 bits per heavy atom. The number of thioether (sulfide) groups is 1. The van der Waals surface area contributed by atoms with Gasteiger partial charge < -0.3 is 4.57 Å². The van der Waals surface area contributed by atoms with E-state index in [2.05, 4.69) is 15.8 Å². The molecule has 0 bridgehead atoms. The summed E-state index contributed by atoms with van der Waals surface area (Å²) in [6, 6.07) is 3.70. The molecule has 1 aromatic heterocycles. The maximum absolute atomic E-state index is 6.27. The lowest BCUT2D eigenvalue weighted by atomic mass is 10.2. The normalized spacial score (nSPS) is 13.0. The van der Waals surface area contributed by atoms with Gasteiger partial charge in [0.1, 0.15) is 5.82 Å². The van der Waals surface area contributed by atoms with E-state index in [1.165, 1.54) is 18.6 Å². The third-order valence-electron chi connectivity index (χ3n) is 3.41. The first-order chi connectivity index (χ1) is 10.0. The van der Waals surface area contributed by atoms with Gasteiger partial charge in [0.15, 0.2) is 0 Å². The molecule has 1 unspecified atom stereocenters. The van der Waals surface area contributed by atoms with E-state index in [9.17, 15) is 0 Å². The second-order valence-electron chi connectivity index (χ2n) is 5.05. The van der Waals surface area contributed by atoms with Crippen LogP contribution in [-0.2, 0) is 6.54 Å². The first-order valence-corrected chi connectivity index (χ1v) is 9.61. The summed E-state index contributed by atoms with van der Waals surface area (Å²) in [5.74, 6) is 2.10. The van der Waals surface area contributed by atoms with Crippen molar-refractivity contribution in [2.45, 2.75) is 38.1 Å². The number of benzene rings is 1. The van der Waals surface area contributed by atoms with Crippen molar-refractivity contribution in [3.05, 3.63) is 28.0 Å². The number of nitrogens with zero attached hydrogens (tertiary/aromatic N) is 2. The van der Waals surface area contributed by atoms with Crippen LogP contribution in [0.25, 0.3) is 11.0 Å². The number of halogens is 3. The molecule has 0 aliphatic heterocycles. The molecule has 0 aliphatic rings. The van der Waals surface area contributed by atoms with Crippen LogP contribution in [0, 0.1) is 0 Å². The number of imidazole rings is 1. The molecule has 0 N–H and O–H groups in total. The van der Waals surface area contributed by atoms with Crippen LogP contribution in [0.3, 0.4) is 0 Å². The fourth-order valence-corrected chi connectivity index (χ4v) is 3.35. The molecule has 0 fully saturated rings. The summed E-state index contributed by atoms with van der Waals surface area (Å²) in [5, 5.41) is 0.949. The molecule has 2 nitrogen and oxygen atoms in total. The molecule has 21 heavy (non-hydrogen) atoms. The lowest BCUT2D eigenvalue weighted by molar-refractivity contribution is 0.593. The number of alkyl halides is 1. The van der Waals surface area contributed by atoms with Crippen molar-refractivity contribution in [2.24, 2.45) is 0 Å². The van der Waals surface area contributed by atoms with Gasteiger partial charge in [-0.25, -0.2) is 4.98 Å². The van der Waals surface area contributed by atoms with Crippen LogP contribution in [0.2, 0.25) is 10.0 Å². The van der Waals surface area contributed by atoms with Crippen LogP contribution in [-0.4, -0.2) is 21.6 Å². The summed E-state index contributed by atoms with van der Waals surface area (Å²) in [6.07, 6.45) is 5.70. The van der Waals surface area contributed by atoms with Crippen molar-refractivity contribution in [3.63, 3.8) is 0 Å². The highest BCUT2D eigenvalue weighted by Crippen LogP contribution is 2.31. The SMILES string of the molecule is CSCCCCCn1c(C(C)Cl)nc2cc(Cl)c(Cl)cc21. The van der Waals surface area contributed by atoms with Crippen LogP contribution >= 0.6 is 46.6 Å². The molecule has 0 saturated heterocycles. The van der Waals surface area contributed by atoms with Gasteiger partial charge in [-0.15, -0.1) is 11.6 Å². The highest BCUT2D eigenvalue weighted by Gasteiger charge is 2.16. The van der Waals surface area contributed by atoms with Crippen LogP contribution in [0.1, 0.15) is 37.4 Å². The van der Waals surface area contributed by atoms with Gasteiger partial charge in [-0.3, -0.25) is 0 Å². The minimum atomic E-state index is -0.138. The topological polar surface area (TPSA) is 17.8 Å². The molecule has 2 rings (SSSR count). The average Bonchev–Trinajstić information content (AvgIpc) is 2.77. The van der Waals surface area contributed by atoms with Crippen molar-refractivity contribution < 1.29 is 0 Å². The zero-order valence-corrected chi connectivity index (χ0v) is 15.3. The van der Waals surface area contributed by atoms with E-state index >= 15 is 0 Å². The number of fused-ring (bicyclic) bond motifs is 1. The van der Waals surface area contributed by atoms with Gasteiger partial charge in [0.25, 0.3) is 0 Å². The van der Waals surface area contributed by atoms with E-state index in [1.807, 2.05) is 30.8 Å². The van der Waals surface area contributed by atoms with Crippen molar-refractivity contribution in [1.82, 2.24) is 9.55 Å². The first-order valence-electron chi connectivity index (χ1n) is 7.02. The Kier molecular flexibility index (Phi) is 6.54. The maximum atomic E-state index is 6.27. The van der Waals surface area contributed by atoms with Gasteiger partial charge in [0, 0.05) is 6.54 Å². The minimum Gasteiger partial charge on any atom is -0.327 e. The van der Waals surface area contributed by atoms with E-state index in [0.717, 1.165) is 29.8 Å². The summed E-state index contributed by atoms with van der Waals surface area (Å²) >= 11 is 20.4. The molecule has 1 aromatic carbocycles. The number of rotatable bonds is 7. The molecule has 1 heterocycles. The Hall–Kier alpha value is -0.0900. The Labute approximate surface area is 145 Å². The quantitative estimate of drug-likeness (QED) is 0.431. The largest absolute Gasteiger partial charge is 0.327 e. The number of unbranched alkanes of at least 4 members (excludes halogenated alkanes) is 2. The van der Waals surface area contributed by atoms with Crippen LogP contribution < -0.4 is 0 Å². The molecule has 0 saturated carbocycles. The van der Waals surface area contributed by atoms with Crippen molar-refractivity contribution in [1.29, 1.82) is 0 Å². The molecule has 6 heteroatoms. The molecule has 1 atom stereocenters.